The van der Waals surface area contributed by atoms with Gasteiger partial charge in [0.1, 0.15) is 5.76 Å². The third-order valence-electron chi connectivity index (χ3n) is 6.76. The summed E-state index contributed by atoms with van der Waals surface area (Å²) in [6.07, 6.45) is 5.51. The molecule has 0 bridgehead atoms. The van der Waals surface area contributed by atoms with Crippen LogP contribution in [0.15, 0.2) is 65.4 Å². The number of aromatic amines is 1. The van der Waals surface area contributed by atoms with Gasteiger partial charge in [-0.1, -0.05) is 17.3 Å². The molecule has 4 aromatic heterocycles. The van der Waals surface area contributed by atoms with Crippen molar-refractivity contribution >= 4 is 11.0 Å². The summed E-state index contributed by atoms with van der Waals surface area (Å²) in [5, 5.41) is 4.13. The zero-order valence-corrected chi connectivity index (χ0v) is 19.3. The summed E-state index contributed by atoms with van der Waals surface area (Å²) in [7, 11) is 2.00. The Morgan fingerprint density at radius 2 is 1.71 bits per heavy atom. The summed E-state index contributed by atoms with van der Waals surface area (Å²) in [4.78, 5) is 12.5. The monoisotopic (exact) mass is 454 g/mol. The van der Waals surface area contributed by atoms with Crippen LogP contribution in [0.2, 0.25) is 0 Å². The van der Waals surface area contributed by atoms with Crippen LogP contribution in [0, 0.1) is 13.8 Å². The molecule has 1 N–H and O–H groups in total. The van der Waals surface area contributed by atoms with E-state index in [-0.39, 0.29) is 0 Å². The van der Waals surface area contributed by atoms with Crippen LogP contribution < -0.4 is 4.57 Å². The van der Waals surface area contributed by atoms with Crippen molar-refractivity contribution in [2.24, 2.45) is 7.05 Å². The van der Waals surface area contributed by atoms with Crippen molar-refractivity contribution in [1.29, 1.82) is 0 Å². The van der Waals surface area contributed by atoms with Gasteiger partial charge in [-0.2, -0.15) is 0 Å². The van der Waals surface area contributed by atoms with Crippen molar-refractivity contribution < 1.29 is 13.5 Å². The lowest BCUT2D eigenvalue weighted by molar-refractivity contribution is -0.653. The lowest BCUT2D eigenvalue weighted by Gasteiger charge is -2.25. The molecule has 0 atom stereocenters. The van der Waals surface area contributed by atoms with Gasteiger partial charge in [0.15, 0.2) is 11.0 Å². The van der Waals surface area contributed by atoms with Crippen molar-refractivity contribution in [2.45, 2.75) is 38.3 Å². The fourth-order valence-corrected chi connectivity index (χ4v) is 5.01. The van der Waals surface area contributed by atoms with Gasteiger partial charge in [0.25, 0.3) is 5.82 Å². The molecule has 0 amide bonds. The fourth-order valence-electron chi connectivity index (χ4n) is 5.01. The number of nitrogens with one attached hydrogen (secondary N) is 1. The van der Waals surface area contributed by atoms with Crippen molar-refractivity contribution in [3.8, 4) is 11.1 Å². The SMILES string of the molecule is Cc1noc(C)c1-c1cc(C(F)(c2ccccn2)c2ccccn2)c2c(c1)[nH]c(C1CC1)[n+]2C. The Bertz CT molecular complexity index is 1440. The topological polar surface area (TPSA) is 71.5 Å². The highest BCUT2D eigenvalue weighted by molar-refractivity contribution is 5.86. The third kappa shape index (κ3) is 3.07. The number of alkyl halides is 1. The molecule has 34 heavy (non-hydrogen) atoms. The van der Waals surface area contributed by atoms with Gasteiger partial charge in [-0.3, -0.25) is 9.97 Å². The van der Waals surface area contributed by atoms with Crippen molar-refractivity contribution in [3.05, 3.63) is 95.2 Å². The highest BCUT2D eigenvalue weighted by atomic mass is 19.1. The molecule has 1 fully saturated rings. The first-order valence-corrected chi connectivity index (χ1v) is 11.5. The summed E-state index contributed by atoms with van der Waals surface area (Å²) in [5.41, 5.74) is 3.15. The molecule has 170 valence electrons. The van der Waals surface area contributed by atoms with Gasteiger partial charge in [-0.15, -0.1) is 0 Å². The van der Waals surface area contributed by atoms with Crippen LogP contribution in [0.3, 0.4) is 0 Å². The Morgan fingerprint density at radius 1 is 1.03 bits per heavy atom. The van der Waals surface area contributed by atoms with Crippen molar-refractivity contribution in [3.63, 3.8) is 0 Å². The molecule has 4 heterocycles. The van der Waals surface area contributed by atoms with Gasteiger partial charge in [0.05, 0.1) is 35.6 Å². The number of aromatic nitrogens is 5. The van der Waals surface area contributed by atoms with Gasteiger partial charge in [-0.05, 0) is 68.7 Å². The van der Waals surface area contributed by atoms with Gasteiger partial charge >= 0.3 is 0 Å². The van der Waals surface area contributed by atoms with E-state index in [9.17, 15) is 0 Å². The number of rotatable bonds is 5. The van der Waals surface area contributed by atoms with E-state index in [0.29, 0.717) is 28.6 Å². The van der Waals surface area contributed by atoms with E-state index in [2.05, 4.69) is 30.7 Å². The van der Waals surface area contributed by atoms with Crippen LogP contribution >= 0.6 is 0 Å². The smallest absolute Gasteiger partial charge is 0.258 e. The maximum Gasteiger partial charge on any atom is 0.258 e. The number of hydrogen-bond donors (Lipinski definition) is 1. The standard InChI is InChI=1S/C27H24FN5O/c1-16-24(17(2)34-32-16)19-14-20(25-21(15-19)31-26(33(25)3)18-10-11-18)27(28,22-8-4-6-12-29-22)23-9-5-7-13-30-23/h4-9,12-15,18H,10-11H2,1-3H3/p+1. The number of aryl methyl sites for hydroxylation is 3. The molecule has 1 saturated carbocycles. The van der Waals surface area contributed by atoms with Crippen molar-refractivity contribution in [2.75, 3.05) is 0 Å². The Balaban J connectivity index is 1.73. The van der Waals surface area contributed by atoms with E-state index >= 15 is 4.39 Å². The Labute approximate surface area is 196 Å². The second-order valence-corrected chi connectivity index (χ2v) is 9.05. The minimum absolute atomic E-state index is 0.292. The van der Waals surface area contributed by atoms with Crippen LogP contribution in [0.5, 0.6) is 0 Å². The quantitative estimate of drug-likeness (QED) is 0.371. The zero-order chi connectivity index (χ0) is 23.4. The first-order chi connectivity index (χ1) is 16.5. The van der Waals surface area contributed by atoms with Crippen LogP contribution in [0.25, 0.3) is 22.2 Å². The summed E-state index contributed by atoms with van der Waals surface area (Å²) in [6, 6.07) is 14.6. The van der Waals surface area contributed by atoms with Crippen LogP contribution in [-0.2, 0) is 12.7 Å². The summed E-state index contributed by atoms with van der Waals surface area (Å²) in [6.45, 7) is 3.78. The molecule has 7 heteroatoms. The first kappa shape index (κ1) is 20.7. The molecule has 0 spiro atoms. The average molecular weight is 455 g/mol. The second-order valence-electron chi connectivity index (χ2n) is 9.05. The van der Waals surface area contributed by atoms with E-state index in [1.54, 1.807) is 36.7 Å². The molecular weight excluding hydrogens is 429 g/mol. The van der Waals surface area contributed by atoms with Crippen molar-refractivity contribution in [1.82, 2.24) is 20.1 Å². The highest BCUT2D eigenvalue weighted by Crippen LogP contribution is 2.45. The Morgan fingerprint density at radius 3 is 2.24 bits per heavy atom. The Kier molecular flexibility index (Phi) is 4.62. The van der Waals surface area contributed by atoms with Crippen LogP contribution in [0.4, 0.5) is 4.39 Å². The fraction of sp³-hybridized carbons (Fsp3) is 0.259. The third-order valence-corrected chi connectivity index (χ3v) is 6.76. The van der Waals surface area contributed by atoms with E-state index < -0.39 is 5.67 Å². The van der Waals surface area contributed by atoms with E-state index in [0.717, 1.165) is 46.5 Å². The van der Waals surface area contributed by atoms with E-state index in [1.807, 2.05) is 39.1 Å². The number of halogens is 1. The minimum Gasteiger partial charge on any atom is -0.361 e. The number of fused-ring (bicyclic) bond motifs is 1. The molecule has 0 radical (unpaired) electrons. The largest absolute Gasteiger partial charge is 0.361 e. The number of nitrogens with zero attached hydrogens (tertiary/aromatic N) is 4. The number of H-pyrrole nitrogens is 1. The maximum atomic E-state index is 17.8. The molecule has 6 rings (SSSR count). The van der Waals surface area contributed by atoms with E-state index in [1.165, 1.54) is 0 Å². The van der Waals surface area contributed by atoms with Gasteiger partial charge in [0, 0.05) is 18.0 Å². The summed E-state index contributed by atoms with van der Waals surface area (Å²) >= 11 is 0. The highest BCUT2D eigenvalue weighted by Gasteiger charge is 2.45. The molecule has 1 aliphatic rings. The van der Waals surface area contributed by atoms with E-state index in [4.69, 9.17) is 4.52 Å². The number of hydrogen-bond acceptors (Lipinski definition) is 4. The molecule has 5 aromatic rings. The first-order valence-electron chi connectivity index (χ1n) is 11.5. The molecule has 6 nitrogen and oxygen atoms in total. The summed E-state index contributed by atoms with van der Waals surface area (Å²) < 4.78 is 25.3. The second kappa shape index (κ2) is 7.58. The number of pyridine rings is 2. The molecule has 1 aliphatic carbocycles. The van der Waals surface area contributed by atoms with Crippen LogP contribution in [-0.4, -0.2) is 20.1 Å². The average Bonchev–Trinajstić information content (AvgIpc) is 3.58. The molecule has 0 saturated heterocycles. The number of benzene rings is 1. The van der Waals surface area contributed by atoms with Crippen LogP contribution in [0.1, 0.15) is 53.0 Å². The number of imidazole rings is 1. The molecule has 0 aliphatic heterocycles. The predicted octanol–water partition coefficient (Wildman–Crippen LogP) is 5.19. The molecule has 0 unspecified atom stereocenters. The normalized spacial score (nSPS) is 14.1. The van der Waals surface area contributed by atoms with Gasteiger partial charge in [-0.25, -0.2) is 13.9 Å². The zero-order valence-electron chi connectivity index (χ0n) is 19.3. The molecular formula is C27H25FN5O+. The predicted molar refractivity (Wildman–Crippen MR) is 126 cm³/mol. The maximum absolute atomic E-state index is 17.8. The van der Waals surface area contributed by atoms with Gasteiger partial charge < -0.3 is 4.52 Å². The summed E-state index contributed by atoms with van der Waals surface area (Å²) in [5.74, 6) is 2.27. The minimum atomic E-state index is -2.07. The van der Waals surface area contributed by atoms with Gasteiger partial charge in [0.2, 0.25) is 5.67 Å². The molecule has 1 aromatic carbocycles. The Hall–Kier alpha value is -3.87. The lowest BCUT2D eigenvalue weighted by atomic mass is 9.85. The lowest BCUT2D eigenvalue weighted by Crippen LogP contribution is -2.35.